The van der Waals surface area contributed by atoms with Crippen molar-refractivity contribution in [3.8, 4) is 0 Å². The summed E-state index contributed by atoms with van der Waals surface area (Å²) < 4.78 is 0. The van der Waals surface area contributed by atoms with E-state index in [9.17, 15) is 10.1 Å². The number of benzene rings is 1. The van der Waals surface area contributed by atoms with Gasteiger partial charge < -0.3 is 5.73 Å². The van der Waals surface area contributed by atoms with Gasteiger partial charge >= 0.3 is 0 Å². The molecule has 4 heteroatoms. The number of nitrogen functional groups attached to an aromatic ring is 1. The van der Waals surface area contributed by atoms with E-state index in [1.165, 1.54) is 0 Å². The number of hydrogen-bond acceptors (Lipinski definition) is 3. The van der Waals surface area contributed by atoms with Crippen LogP contribution in [0.4, 0.5) is 11.4 Å². The molecule has 76 valence electrons. The SMILES string of the molecule is CCc1c([N+](=O)[O-])cc(C)c(N)c1C. The summed E-state index contributed by atoms with van der Waals surface area (Å²) in [6.07, 6.45) is 0.632. The number of nitrogens with two attached hydrogens (primary N) is 1. The Morgan fingerprint density at radius 1 is 1.50 bits per heavy atom. The molecule has 0 aliphatic rings. The van der Waals surface area contributed by atoms with E-state index in [4.69, 9.17) is 5.73 Å². The lowest BCUT2D eigenvalue weighted by atomic mass is 9.99. The van der Waals surface area contributed by atoms with Crippen LogP contribution in [0.2, 0.25) is 0 Å². The average molecular weight is 194 g/mol. The van der Waals surface area contributed by atoms with E-state index >= 15 is 0 Å². The van der Waals surface area contributed by atoms with E-state index in [1.807, 2.05) is 13.8 Å². The third-order valence-electron chi connectivity index (χ3n) is 2.49. The minimum Gasteiger partial charge on any atom is -0.398 e. The van der Waals surface area contributed by atoms with Crippen LogP contribution in [0.1, 0.15) is 23.6 Å². The molecule has 0 aliphatic heterocycles. The summed E-state index contributed by atoms with van der Waals surface area (Å²) in [5.74, 6) is 0. The highest BCUT2D eigenvalue weighted by Crippen LogP contribution is 2.29. The molecule has 0 bridgehead atoms. The van der Waals surface area contributed by atoms with Crippen molar-refractivity contribution in [3.63, 3.8) is 0 Å². The lowest BCUT2D eigenvalue weighted by Crippen LogP contribution is -2.03. The van der Waals surface area contributed by atoms with E-state index in [0.29, 0.717) is 12.1 Å². The molecular weight excluding hydrogens is 180 g/mol. The fourth-order valence-corrected chi connectivity index (χ4v) is 1.63. The van der Waals surface area contributed by atoms with Crippen molar-refractivity contribution in [2.45, 2.75) is 27.2 Å². The summed E-state index contributed by atoms with van der Waals surface area (Å²) in [4.78, 5) is 10.4. The maximum Gasteiger partial charge on any atom is 0.273 e. The van der Waals surface area contributed by atoms with Crippen LogP contribution in [0.25, 0.3) is 0 Å². The van der Waals surface area contributed by atoms with Crippen LogP contribution < -0.4 is 5.73 Å². The molecular formula is C10H14N2O2. The van der Waals surface area contributed by atoms with Gasteiger partial charge in [-0.1, -0.05) is 6.92 Å². The van der Waals surface area contributed by atoms with Gasteiger partial charge in [-0.15, -0.1) is 0 Å². The summed E-state index contributed by atoms with van der Waals surface area (Å²) >= 11 is 0. The zero-order valence-electron chi connectivity index (χ0n) is 8.63. The quantitative estimate of drug-likeness (QED) is 0.446. The Kier molecular flexibility index (Phi) is 2.74. The van der Waals surface area contributed by atoms with E-state index in [2.05, 4.69) is 0 Å². The lowest BCUT2D eigenvalue weighted by Gasteiger charge is -2.09. The Morgan fingerprint density at radius 3 is 2.50 bits per heavy atom. The molecule has 0 aliphatic carbocycles. The molecule has 0 unspecified atom stereocenters. The Bertz CT molecular complexity index is 386. The maximum atomic E-state index is 10.8. The van der Waals surface area contributed by atoms with E-state index in [1.54, 1.807) is 13.0 Å². The standard InChI is InChI=1S/C10H14N2O2/c1-4-8-7(3)10(11)6(2)5-9(8)12(13)14/h5H,4,11H2,1-3H3. The van der Waals surface area contributed by atoms with Crippen molar-refractivity contribution >= 4 is 11.4 Å². The van der Waals surface area contributed by atoms with Crippen LogP contribution in [-0.2, 0) is 6.42 Å². The van der Waals surface area contributed by atoms with Gasteiger partial charge in [-0.05, 0) is 31.4 Å². The number of rotatable bonds is 2. The fourth-order valence-electron chi connectivity index (χ4n) is 1.63. The number of aryl methyl sites for hydroxylation is 1. The molecule has 0 atom stereocenters. The first-order valence-corrected chi connectivity index (χ1v) is 4.52. The Labute approximate surface area is 82.9 Å². The van der Waals surface area contributed by atoms with Gasteiger partial charge in [-0.25, -0.2) is 0 Å². The van der Waals surface area contributed by atoms with Gasteiger partial charge in [0.1, 0.15) is 0 Å². The predicted octanol–water partition coefficient (Wildman–Crippen LogP) is 2.36. The minimum atomic E-state index is -0.349. The summed E-state index contributed by atoms with van der Waals surface area (Å²) in [5.41, 5.74) is 8.98. The van der Waals surface area contributed by atoms with Crippen molar-refractivity contribution in [1.29, 1.82) is 0 Å². The van der Waals surface area contributed by atoms with Gasteiger partial charge in [-0.2, -0.15) is 0 Å². The van der Waals surface area contributed by atoms with Gasteiger partial charge in [0.05, 0.1) is 4.92 Å². The van der Waals surface area contributed by atoms with Crippen LogP contribution in [-0.4, -0.2) is 4.92 Å². The first-order valence-electron chi connectivity index (χ1n) is 4.52. The zero-order chi connectivity index (χ0) is 10.9. The van der Waals surface area contributed by atoms with Crippen LogP contribution in [0.3, 0.4) is 0 Å². The van der Waals surface area contributed by atoms with Crippen LogP contribution in [0, 0.1) is 24.0 Å². The second-order valence-electron chi connectivity index (χ2n) is 3.34. The van der Waals surface area contributed by atoms with Crippen LogP contribution in [0.5, 0.6) is 0 Å². The van der Waals surface area contributed by atoms with Gasteiger partial charge in [0.15, 0.2) is 0 Å². The third kappa shape index (κ3) is 1.55. The monoisotopic (exact) mass is 194 g/mol. The van der Waals surface area contributed by atoms with Crippen molar-refractivity contribution in [2.24, 2.45) is 0 Å². The van der Waals surface area contributed by atoms with Crippen molar-refractivity contribution in [1.82, 2.24) is 0 Å². The molecule has 1 rings (SSSR count). The Balaban J connectivity index is 3.51. The van der Waals surface area contributed by atoms with Gasteiger partial charge in [-0.3, -0.25) is 10.1 Å². The maximum absolute atomic E-state index is 10.8. The molecule has 0 saturated carbocycles. The van der Waals surface area contributed by atoms with E-state index in [0.717, 1.165) is 16.7 Å². The van der Waals surface area contributed by atoms with E-state index < -0.39 is 0 Å². The second-order valence-corrected chi connectivity index (χ2v) is 3.34. The summed E-state index contributed by atoms with van der Waals surface area (Å²) in [6, 6.07) is 1.54. The topological polar surface area (TPSA) is 69.2 Å². The molecule has 1 aromatic carbocycles. The summed E-state index contributed by atoms with van der Waals surface area (Å²) in [6.45, 7) is 5.51. The fraction of sp³-hybridized carbons (Fsp3) is 0.400. The smallest absolute Gasteiger partial charge is 0.273 e. The number of nitro groups is 1. The molecule has 0 radical (unpaired) electrons. The minimum absolute atomic E-state index is 0.178. The molecule has 14 heavy (non-hydrogen) atoms. The highest BCUT2D eigenvalue weighted by molar-refractivity contribution is 5.63. The number of hydrogen-bond donors (Lipinski definition) is 1. The number of nitrogens with zero attached hydrogens (tertiary/aromatic N) is 1. The van der Waals surface area contributed by atoms with Gasteiger partial charge in [0.25, 0.3) is 5.69 Å². The average Bonchev–Trinajstić information content (AvgIpc) is 2.13. The molecule has 0 fully saturated rings. The highest BCUT2D eigenvalue weighted by atomic mass is 16.6. The molecule has 1 aromatic rings. The molecule has 4 nitrogen and oxygen atoms in total. The first-order chi connectivity index (χ1) is 6.49. The number of nitro benzene ring substituents is 1. The molecule has 0 aromatic heterocycles. The largest absolute Gasteiger partial charge is 0.398 e. The summed E-state index contributed by atoms with van der Waals surface area (Å²) in [5, 5.41) is 10.8. The van der Waals surface area contributed by atoms with Crippen LogP contribution >= 0.6 is 0 Å². The van der Waals surface area contributed by atoms with Crippen molar-refractivity contribution < 1.29 is 4.92 Å². The van der Waals surface area contributed by atoms with Crippen LogP contribution in [0.15, 0.2) is 6.07 Å². The number of anilines is 1. The third-order valence-corrected chi connectivity index (χ3v) is 2.49. The molecule has 0 amide bonds. The van der Waals surface area contributed by atoms with Crippen molar-refractivity contribution in [2.75, 3.05) is 5.73 Å². The Morgan fingerprint density at radius 2 is 2.07 bits per heavy atom. The van der Waals surface area contributed by atoms with Gasteiger partial charge in [0.2, 0.25) is 0 Å². The Hall–Kier alpha value is -1.58. The van der Waals surface area contributed by atoms with Crippen molar-refractivity contribution in [3.05, 3.63) is 32.9 Å². The second kappa shape index (κ2) is 3.65. The first kappa shape index (κ1) is 10.5. The molecule has 0 spiro atoms. The lowest BCUT2D eigenvalue weighted by molar-refractivity contribution is -0.385. The predicted molar refractivity (Wildman–Crippen MR) is 56.4 cm³/mol. The normalized spacial score (nSPS) is 10.2. The highest BCUT2D eigenvalue weighted by Gasteiger charge is 2.17. The van der Waals surface area contributed by atoms with E-state index in [-0.39, 0.29) is 10.6 Å². The van der Waals surface area contributed by atoms with Gasteiger partial charge in [0, 0.05) is 17.3 Å². The summed E-state index contributed by atoms with van der Waals surface area (Å²) in [7, 11) is 0. The zero-order valence-corrected chi connectivity index (χ0v) is 8.63. The molecule has 0 heterocycles. The molecule has 2 N–H and O–H groups in total. The molecule has 0 saturated heterocycles.